The average molecular weight is 268 g/mol. The maximum absolute atomic E-state index is 12.4. The number of alkyl halides is 3. The molecule has 1 N–H and O–H groups in total. The normalized spacial score (nSPS) is 11.3. The van der Waals surface area contributed by atoms with Crippen LogP contribution >= 0.6 is 0 Å². The average Bonchev–Trinajstić information content (AvgIpc) is 2.39. The highest BCUT2D eigenvalue weighted by Gasteiger charge is 2.34. The summed E-state index contributed by atoms with van der Waals surface area (Å²) in [5.41, 5.74) is 1.00. The predicted molar refractivity (Wildman–Crippen MR) is 63.5 cm³/mol. The molecule has 2 heterocycles. The van der Waals surface area contributed by atoms with Crippen LogP contribution in [0.5, 0.6) is 0 Å². The maximum Gasteiger partial charge on any atom is 0.451 e. The summed E-state index contributed by atoms with van der Waals surface area (Å²) in [6.45, 7) is 0.472. The first kappa shape index (κ1) is 13.3. The standard InChI is InChI=1S/C12H11F3N4/c13-12(14,15)11-18-7-4-10(19-11)17-6-3-9-2-1-5-16-8-9/h1-2,4-5,7-8H,3,6H2,(H,17,18,19). The van der Waals surface area contributed by atoms with Crippen LogP contribution in [-0.4, -0.2) is 21.5 Å². The lowest BCUT2D eigenvalue weighted by molar-refractivity contribution is -0.144. The molecule has 0 spiro atoms. The van der Waals surface area contributed by atoms with E-state index in [-0.39, 0.29) is 5.82 Å². The summed E-state index contributed by atoms with van der Waals surface area (Å²) >= 11 is 0. The second-order valence-corrected chi connectivity index (χ2v) is 3.80. The number of rotatable bonds is 4. The van der Waals surface area contributed by atoms with Crippen molar-refractivity contribution in [1.82, 2.24) is 15.0 Å². The van der Waals surface area contributed by atoms with Gasteiger partial charge in [0.15, 0.2) is 0 Å². The quantitative estimate of drug-likeness (QED) is 0.925. The summed E-state index contributed by atoms with van der Waals surface area (Å²) in [6.07, 6.45) is 0.586. The lowest BCUT2D eigenvalue weighted by Gasteiger charge is -2.08. The topological polar surface area (TPSA) is 50.7 Å². The zero-order chi connectivity index (χ0) is 13.7. The zero-order valence-corrected chi connectivity index (χ0v) is 9.85. The smallest absolute Gasteiger partial charge is 0.370 e. The van der Waals surface area contributed by atoms with Gasteiger partial charge in [-0.05, 0) is 24.1 Å². The van der Waals surface area contributed by atoms with Crippen LogP contribution in [-0.2, 0) is 12.6 Å². The van der Waals surface area contributed by atoms with Gasteiger partial charge in [-0.3, -0.25) is 4.98 Å². The van der Waals surface area contributed by atoms with Crippen LogP contribution in [0.1, 0.15) is 11.4 Å². The van der Waals surface area contributed by atoms with Crippen molar-refractivity contribution in [2.24, 2.45) is 0 Å². The Morgan fingerprint density at radius 2 is 2.00 bits per heavy atom. The van der Waals surface area contributed by atoms with Gasteiger partial charge in [-0.25, -0.2) is 9.97 Å². The number of hydrogen-bond donors (Lipinski definition) is 1. The summed E-state index contributed by atoms with van der Waals surface area (Å²) < 4.78 is 37.2. The molecule has 7 heteroatoms. The molecule has 0 aliphatic carbocycles. The highest BCUT2D eigenvalue weighted by Crippen LogP contribution is 2.26. The maximum atomic E-state index is 12.4. The van der Waals surface area contributed by atoms with E-state index in [1.54, 1.807) is 12.4 Å². The Morgan fingerprint density at radius 1 is 1.16 bits per heavy atom. The molecule has 0 aliphatic heterocycles. The van der Waals surface area contributed by atoms with E-state index in [0.29, 0.717) is 13.0 Å². The Labute approximate surface area is 107 Å². The summed E-state index contributed by atoms with van der Waals surface area (Å²) in [5.74, 6) is -0.981. The molecule has 19 heavy (non-hydrogen) atoms. The van der Waals surface area contributed by atoms with Gasteiger partial charge in [0.1, 0.15) is 5.82 Å². The largest absolute Gasteiger partial charge is 0.451 e. The molecule has 0 fully saturated rings. The van der Waals surface area contributed by atoms with Crippen LogP contribution in [0, 0.1) is 0 Å². The van der Waals surface area contributed by atoms with E-state index in [1.165, 1.54) is 6.07 Å². The lowest BCUT2D eigenvalue weighted by Crippen LogP contribution is -2.13. The molecule has 0 radical (unpaired) electrons. The van der Waals surface area contributed by atoms with Gasteiger partial charge in [0, 0.05) is 25.1 Å². The first-order valence-electron chi connectivity index (χ1n) is 5.59. The van der Waals surface area contributed by atoms with E-state index >= 15 is 0 Å². The zero-order valence-electron chi connectivity index (χ0n) is 9.85. The molecule has 0 saturated heterocycles. The van der Waals surface area contributed by atoms with Gasteiger partial charge in [0.25, 0.3) is 0 Å². The lowest BCUT2D eigenvalue weighted by atomic mass is 10.2. The number of nitrogens with one attached hydrogen (secondary N) is 1. The molecule has 0 bridgehead atoms. The number of aromatic nitrogens is 3. The van der Waals surface area contributed by atoms with Gasteiger partial charge >= 0.3 is 6.18 Å². The molecule has 2 aromatic rings. The van der Waals surface area contributed by atoms with E-state index in [1.807, 2.05) is 12.1 Å². The molecule has 2 aromatic heterocycles. The van der Waals surface area contributed by atoms with Gasteiger partial charge in [-0.15, -0.1) is 0 Å². The summed E-state index contributed by atoms with van der Waals surface area (Å²) in [4.78, 5) is 10.6. The molecular formula is C12H11F3N4. The third kappa shape index (κ3) is 3.90. The minimum absolute atomic E-state index is 0.159. The van der Waals surface area contributed by atoms with Crippen LogP contribution in [0.3, 0.4) is 0 Å². The monoisotopic (exact) mass is 268 g/mol. The number of anilines is 1. The number of pyridine rings is 1. The number of hydrogen-bond acceptors (Lipinski definition) is 4. The van der Waals surface area contributed by atoms with Crippen LogP contribution < -0.4 is 5.32 Å². The second kappa shape index (κ2) is 5.64. The van der Waals surface area contributed by atoms with Crippen LogP contribution in [0.15, 0.2) is 36.8 Å². The molecule has 2 rings (SSSR count). The molecule has 0 aliphatic rings. The predicted octanol–water partition coefficient (Wildman–Crippen LogP) is 2.54. The van der Waals surface area contributed by atoms with Crippen molar-refractivity contribution < 1.29 is 13.2 Å². The number of halogens is 3. The fraction of sp³-hybridized carbons (Fsp3) is 0.250. The first-order chi connectivity index (χ1) is 9.05. The third-order valence-electron chi connectivity index (χ3n) is 2.35. The summed E-state index contributed by atoms with van der Waals surface area (Å²) in [6, 6.07) is 5.11. The molecule has 100 valence electrons. The van der Waals surface area contributed by atoms with E-state index in [9.17, 15) is 13.2 Å². The van der Waals surface area contributed by atoms with Gasteiger partial charge < -0.3 is 5.32 Å². The Kier molecular flexibility index (Phi) is 3.94. The van der Waals surface area contributed by atoms with E-state index < -0.39 is 12.0 Å². The minimum Gasteiger partial charge on any atom is -0.370 e. The minimum atomic E-state index is -4.53. The first-order valence-corrected chi connectivity index (χ1v) is 5.59. The number of nitrogens with zero attached hydrogens (tertiary/aromatic N) is 3. The molecule has 0 unspecified atom stereocenters. The van der Waals surface area contributed by atoms with Gasteiger partial charge in [0.2, 0.25) is 5.82 Å². The van der Waals surface area contributed by atoms with Gasteiger partial charge in [0.05, 0.1) is 0 Å². The highest BCUT2D eigenvalue weighted by atomic mass is 19.4. The molecule has 0 aromatic carbocycles. The summed E-state index contributed by atoms with van der Waals surface area (Å²) in [5, 5.41) is 2.83. The molecule has 0 saturated carbocycles. The summed E-state index contributed by atoms with van der Waals surface area (Å²) in [7, 11) is 0. The van der Waals surface area contributed by atoms with Crippen molar-refractivity contribution in [3.8, 4) is 0 Å². The Bertz CT molecular complexity index is 528. The fourth-order valence-corrected chi connectivity index (χ4v) is 1.47. The molecule has 0 amide bonds. The van der Waals surface area contributed by atoms with Gasteiger partial charge in [-0.1, -0.05) is 6.07 Å². The van der Waals surface area contributed by atoms with Crippen molar-refractivity contribution in [3.05, 3.63) is 48.2 Å². The van der Waals surface area contributed by atoms with Gasteiger partial charge in [-0.2, -0.15) is 13.2 Å². The van der Waals surface area contributed by atoms with E-state index in [2.05, 4.69) is 20.3 Å². The highest BCUT2D eigenvalue weighted by molar-refractivity contribution is 5.33. The molecule has 4 nitrogen and oxygen atoms in total. The third-order valence-corrected chi connectivity index (χ3v) is 2.35. The van der Waals surface area contributed by atoms with Crippen LogP contribution in [0.2, 0.25) is 0 Å². The molecule has 0 atom stereocenters. The van der Waals surface area contributed by atoms with E-state index in [0.717, 1.165) is 11.8 Å². The molecular weight excluding hydrogens is 257 g/mol. The Hall–Kier alpha value is -2.18. The van der Waals surface area contributed by atoms with Crippen LogP contribution in [0.4, 0.5) is 19.0 Å². The van der Waals surface area contributed by atoms with Crippen molar-refractivity contribution in [1.29, 1.82) is 0 Å². The van der Waals surface area contributed by atoms with E-state index in [4.69, 9.17) is 0 Å². The fourth-order valence-electron chi connectivity index (χ4n) is 1.47. The van der Waals surface area contributed by atoms with Crippen molar-refractivity contribution in [2.45, 2.75) is 12.6 Å². The van der Waals surface area contributed by atoms with Crippen molar-refractivity contribution in [3.63, 3.8) is 0 Å². The van der Waals surface area contributed by atoms with Crippen LogP contribution in [0.25, 0.3) is 0 Å². The Morgan fingerprint density at radius 3 is 2.68 bits per heavy atom. The SMILES string of the molecule is FC(F)(F)c1nccc(NCCc2cccnc2)n1. The van der Waals surface area contributed by atoms with Crippen molar-refractivity contribution >= 4 is 5.82 Å². The Balaban J connectivity index is 1.93. The van der Waals surface area contributed by atoms with Crippen molar-refractivity contribution in [2.75, 3.05) is 11.9 Å². The second-order valence-electron chi connectivity index (χ2n) is 3.80.